The zero-order valence-corrected chi connectivity index (χ0v) is 20.2. The van der Waals surface area contributed by atoms with Crippen molar-refractivity contribution >= 4 is 27.3 Å². The van der Waals surface area contributed by atoms with E-state index in [0.29, 0.717) is 33.5 Å². The lowest BCUT2D eigenvalue weighted by Gasteiger charge is -2.18. The quantitative estimate of drug-likeness (QED) is 0.484. The van der Waals surface area contributed by atoms with Gasteiger partial charge in [-0.3, -0.25) is 9.71 Å². The fourth-order valence-corrected chi connectivity index (χ4v) is 5.47. The summed E-state index contributed by atoms with van der Waals surface area (Å²) in [7, 11) is -0.750. The Morgan fingerprint density at radius 2 is 1.88 bits per heavy atom. The Labute approximate surface area is 198 Å². The van der Waals surface area contributed by atoms with Crippen LogP contribution in [0.5, 0.6) is 17.2 Å². The molecule has 0 amide bonds. The lowest BCUT2D eigenvalue weighted by Crippen LogP contribution is -2.16. The molecular formula is C24H25ClN2O5S. The minimum Gasteiger partial charge on any atom is -0.493 e. The molecule has 0 atom stereocenters. The van der Waals surface area contributed by atoms with Crippen molar-refractivity contribution in [3.63, 3.8) is 0 Å². The Bertz CT molecular complexity index is 1290. The van der Waals surface area contributed by atoms with Crippen LogP contribution >= 0.6 is 11.6 Å². The van der Waals surface area contributed by atoms with Crippen molar-refractivity contribution in [3.8, 4) is 17.2 Å². The van der Waals surface area contributed by atoms with Crippen molar-refractivity contribution in [3.05, 3.63) is 70.0 Å². The van der Waals surface area contributed by atoms with Crippen LogP contribution in [0.2, 0.25) is 5.02 Å². The summed E-state index contributed by atoms with van der Waals surface area (Å²) in [5, 5.41) is 0.384. The molecule has 9 heteroatoms. The molecule has 1 aliphatic rings. The van der Waals surface area contributed by atoms with E-state index in [0.717, 1.165) is 36.1 Å². The molecule has 0 fully saturated rings. The van der Waals surface area contributed by atoms with E-state index in [4.69, 9.17) is 25.8 Å². The van der Waals surface area contributed by atoms with Crippen LogP contribution in [0.25, 0.3) is 0 Å². The topological polar surface area (TPSA) is 86.8 Å². The lowest BCUT2D eigenvalue weighted by molar-refractivity contribution is 0.302. The van der Waals surface area contributed by atoms with Gasteiger partial charge in [-0.05, 0) is 61.6 Å². The normalized spacial score (nSPS) is 12.8. The van der Waals surface area contributed by atoms with Crippen molar-refractivity contribution in [2.24, 2.45) is 0 Å². The predicted octanol–water partition coefficient (Wildman–Crippen LogP) is 4.93. The van der Waals surface area contributed by atoms with E-state index in [2.05, 4.69) is 9.71 Å². The molecule has 0 aliphatic heterocycles. The third kappa shape index (κ3) is 4.72. The van der Waals surface area contributed by atoms with Crippen molar-refractivity contribution in [2.75, 3.05) is 18.9 Å². The number of aryl methyl sites for hydroxylation is 1. The van der Waals surface area contributed by atoms with E-state index in [1.165, 1.54) is 12.3 Å². The number of hydrogen-bond donors (Lipinski definition) is 1. The summed E-state index contributed by atoms with van der Waals surface area (Å²) in [5.74, 6) is 1.71. The van der Waals surface area contributed by atoms with E-state index in [1.807, 2.05) is 12.1 Å². The molecule has 4 rings (SSSR count). The number of nitrogens with one attached hydrogen (secondary N) is 1. The van der Waals surface area contributed by atoms with Crippen LogP contribution in [0, 0.1) is 6.92 Å². The van der Waals surface area contributed by atoms with Crippen molar-refractivity contribution in [2.45, 2.75) is 37.7 Å². The summed E-state index contributed by atoms with van der Waals surface area (Å²) < 4.78 is 45.8. The van der Waals surface area contributed by atoms with Crippen molar-refractivity contribution < 1.29 is 22.6 Å². The van der Waals surface area contributed by atoms with Gasteiger partial charge in [-0.1, -0.05) is 23.7 Å². The number of ether oxygens (including phenoxy) is 3. The van der Waals surface area contributed by atoms with Gasteiger partial charge in [0.15, 0.2) is 11.5 Å². The van der Waals surface area contributed by atoms with Gasteiger partial charge in [-0.15, -0.1) is 0 Å². The molecule has 7 nitrogen and oxygen atoms in total. The Morgan fingerprint density at radius 3 is 2.64 bits per heavy atom. The zero-order valence-electron chi connectivity index (χ0n) is 18.6. The second-order valence-electron chi connectivity index (χ2n) is 7.73. The van der Waals surface area contributed by atoms with Crippen LogP contribution in [0.15, 0.2) is 47.5 Å². The number of benzene rings is 2. The van der Waals surface area contributed by atoms with Gasteiger partial charge in [0.1, 0.15) is 18.0 Å². The summed E-state index contributed by atoms with van der Waals surface area (Å²) in [6, 6.07) is 10.3. The molecule has 3 aromatic rings. The fourth-order valence-electron chi connectivity index (χ4n) is 3.92. The highest BCUT2D eigenvalue weighted by Crippen LogP contribution is 2.38. The summed E-state index contributed by atoms with van der Waals surface area (Å²) in [4.78, 5) is 4.59. The number of nitrogens with zero attached hydrogens (tertiary/aromatic N) is 1. The maximum Gasteiger partial charge on any atom is 0.262 e. The Balaban J connectivity index is 1.66. The van der Waals surface area contributed by atoms with Crippen LogP contribution in [0.4, 0.5) is 5.69 Å². The first kappa shape index (κ1) is 23.2. The van der Waals surface area contributed by atoms with E-state index in [1.54, 1.807) is 39.3 Å². The van der Waals surface area contributed by atoms with E-state index >= 15 is 0 Å². The van der Waals surface area contributed by atoms with Gasteiger partial charge in [0.25, 0.3) is 10.0 Å². The van der Waals surface area contributed by atoms with E-state index in [9.17, 15) is 8.42 Å². The molecule has 0 unspecified atom stereocenters. The number of aromatic nitrogens is 1. The molecule has 0 saturated carbocycles. The van der Waals surface area contributed by atoms with Gasteiger partial charge in [0.2, 0.25) is 0 Å². The molecular weight excluding hydrogens is 464 g/mol. The van der Waals surface area contributed by atoms with Crippen LogP contribution in [0.1, 0.15) is 28.8 Å². The second kappa shape index (κ2) is 9.49. The Kier molecular flexibility index (Phi) is 6.67. The van der Waals surface area contributed by atoms with Gasteiger partial charge in [-0.2, -0.15) is 0 Å². The number of pyridine rings is 1. The third-order valence-corrected chi connectivity index (χ3v) is 7.56. The van der Waals surface area contributed by atoms with Crippen LogP contribution < -0.4 is 18.9 Å². The summed E-state index contributed by atoms with van der Waals surface area (Å²) >= 11 is 6.15. The van der Waals surface area contributed by atoms with E-state index in [-0.39, 0.29) is 11.5 Å². The number of fused-ring (bicyclic) bond motifs is 1. The Hall–Kier alpha value is -2.97. The number of methoxy groups -OCH3 is 2. The fraction of sp³-hybridized carbons (Fsp3) is 0.292. The number of halogens is 1. The molecule has 0 saturated heterocycles. The molecule has 0 radical (unpaired) electrons. The van der Waals surface area contributed by atoms with Gasteiger partial charge in [-0.25, -0.2) is 8.42 Å². The smallest absolute Gasteiger partial charge is 0.262 e. The molecule has 1 aromatic heterocycles. The summed E-state index contributed by atoms with van der Waals surface area (Å²) in [5.41, 5.74) is 3.50. The third-order valence-electron chi connectivity index (χ3n) is 5.64. The molecule has 1 heterocycles. The van der Waals surface area contributed by atoms with Gasteiger partial charge in [0.05, 0.1) is 25.3 Å². The second-order valence-corrected chi connectivity index (χ2v) is 9.78. The summed E-state index contributed by atoms with van der Waals surface area (Å²) in [6.45, 7) is 1.90. The highest BCUT2D eigenvalue weighted by Gasteiger charge is 2.25. The molecule has 2 aromatic carbocycles. The monoisotopic (exact) mass is 488 g/mol. The van der Waals surface area contributed by atoms with Gasteiger partial charge < -0.3 is 14.2 Å². The standard InChI is InChI=1S/C24H25ClN2O5S/c1-15-18(25)7-5-9-23(15)33(28,29)27-20-13-26-19-8-4-6-17(19)24(20)32-14-16-10-11-21(30-2)22(12-16)31-3/h5,7,9-13,27H,4,6,8,14H2,1-3H3. The first-order valence-corrected chi connectivity index (χ1v) is 12.3. The highest BCUT2D eigenvalue weighted by atomic mass is 35.5. The maximum atomic E-state index is 13.2. The first-order valence-electron chi connectivity index (χ1n) is 10.5. The lowest BCUT2D eigenvalue weighted by atomic mass is 10.1. The maximum absolute atomic E-state index is 13.2. The first-order chi connectivity index (χ1) is 15.8. The summed E-state index contributed by atoms with van der Waals surface area (Å²) in [6.07, 6.45) is 4.07. The number of hydrogen-bond acceptors (Lipinski definition) is 6. The molecule has 0 bridgehead atoms. The minimum atomic E-state index is -3.90. The SMILES string of the molecule is COc1ccc(COc2c(NS(=O)(=O)c3cccc(Cl)c3C)cnc3c2CCC3)cc1OC. The average Bonchev–Trinajstić information content (AvgIpc) is 3.28. The van der Waals surface area contributed by atoms with Crippen LogP contribution in [0.3, 0.4) is 0 Å². The minimum absolute atomic E-state index is 0.112. The Morgan fingerprint density at radius 1 is 1.09 bits per heavy atom. The van der Waals surface area contributed by atoms with Crippen LogP contribution in [-0.4, -0.2) is 27.6 Å². The van der Waals surface area contributed by atoms with Gasteiger partial charge >= 0.3 is 0 Å². The molecule has 1 aliphatic carbocycles. The highest BCUT2D eigenvalue weighted by molar-refractivity contribution is 7.92. The van der Waals surface area contributed by atoms with Gasteiger partial charge in [0, 0.05) is 16.3 Å². The molecule has 1 N–H and O–H groups in total. The van der Waals surface area contributed by atoms with Crippen molar-refractivity contribution in [1.29, 1.82) is 0 Å². The number of anilines is 1. The number of sulfonamides is 1. The number of rotatable bonds is 8. The van der Waals surface area contributed by atoms with E-state index < -0.39 is 10.0 Å². The zero-order chi connectivity index (χ0) is 23.6. The largest absolute Gasteiger partial charge is 0.493 e. The molecule has 174 valence electrons. The predicted molar refractivity (Wildman–Crippen MR) is 127 cm³/mol. The van der Waals surface area contributed by atoms with Crippen LogP contribution in [-0.2, 0) is 29.5 Å². The average molecular weight is 489 g/mol. The molecule has 0 spiro atoms. The molecule has 33 heavy (non-hydrogen) atoms. The van der Waals surface area contributed by atoms with Crippen molar-refractivity contribution in [1.82, 2.24) is 4.98 Å².